The van der Waals surface area contributed by atoms with Gasteiger partial charge in [0.25, 0.3) is 5.56 Å². The van der Waals surface area contributed by atoms with Crippen molar-refractivity contribution in [1.82, 2.24) is 4.98 Å². The summed E-state index contributed by atoms with van der Waals surface area (Å²) in [7, 11) is -1.76. The minimum Gasteiger partial charge on any atom is -0.412 e. The van der Waals surface area contributed by atoms with Crippen molar-refractivity contribution in [2.24, 2.45) is 0 Å². The molecule has 0 saturated carbocycles. The van der Waals surface area contributed by atoms with Crippen LogP contribution in [0.2, 0.25) is 18.1 Å². The summed E-state index contributed by atoms with van der Waals surface area (Å²) in [6, 6.07) is 3.64. The average Bonchev–Trinajstić information content (AvgIpc) is 2.15. The van der Waals surface area contributed by atoms with Crippen molar-refractivity contribution in [1.29, 1.82) is 0 Å². The molecule has 0 bridgehead atoms. The van der Waals surface area contributed by atoms with Gasteiger partial charge in [-0.1, -0.05) is 20.8 Å². The van der Waals surface area contributed by atoms with Gasteiger partial charge in [-0.3, -0.25) is 4.79 Å². The first-order chi connectivity index (χ1) is 7.24. The van der Waals surface area contributed by atoms with Gasteiger partial charge in [-0.15, -0.1) is 0 Å². The van der Waals surface area contributed by atoms with E-state index in [1.807, 2.05) is 12.1 Å². The molecular formula is C12H21NO2Si. The third-order valence-corrected chi connectivity index (χ3v) is 7.77. The number of aromatic nitrogens is 1. The molecule has 1 rings (SSSR count). The van der Waals surface area contributed by atoms with Crippen molar-refractivity contribution in [2.45, 2.75) is 45.5 Å². The topological polar surface area (TPSA) is 42.1 Å². The largest absolute Gasteiger partial charge is 0.412 e. The lowest BCUT2D eigenvalue weighted by atomic mass is 10.2. The predicted molar refractivity (Wildman–Crippen MR) is 69.0 cm³/mol. The normalized spacial score (nSPS) is 12.8. The number of aromatic amines is 1. The summed E-state index contributed by atoms with van der Waals surface area (Å²) in [6.07, 6.45) is 1.64. The van der Waals surface area contributed by atoms with Crippen LogP contribution in [0.3, 0.4) is 0 Å². The van der Waals surface area contributed by atoms with Gasteiger partial charge in [-0.2, -0.15) is 0 Å². The summed E-state index contributed by atoms with van der Waals surface area (Å²) in [5.41, 5.74) is 0.647. The Morgan fingerprint density at radius 2 is 2.00 bits per heavy atom. The van der Waals surface area contributed by atoms with E-state index in [0.29, 0.717) is 12.2 Å². The summed E-state index contributed by atoms with van der Waals surface area (Å²) in [4.78, 5) is 14.1. The van der Waals surface area contributed by atoms with Crippen molar-refractivity contribution in [3.63, 3.8) is 0 Å². The number of H-pyrrole nitrogens is 1. The summed E-state index contributed by atoms with van der Waals surface area (Å²) in [5.74, 6) is 0. The van der Waals surface area contributed by atoms with E-state index in [-0.39, 0.29) is 10.6 Å². The van der Waals surface area contributed by atoms with E-state index in [4.69, 9.17) is 4.43 Å². The highest BCUT2D eigenvalue weighted by molar-refractivity contribution is 6.74. The Labute approximate surface area is 98.0 Å². The van der Waals surface area contributed by atoms with Gasteiger partial charge in [0.05, 0.1) is 6.61 Å². The maximum absolute atomic E-state index is 11.5. The van der Waals surface area contributed by atoms with E-state index in [2.05, 4.69) is 38.8 Å². The van der Waals surface area contributed by atoms with E-state index >= 15 is 0 Å². The molecule has 16 heavy (non-hydrogen) atoms. The molecule has 0 fully saturated rings. The highest BCUT2D eigenvalue weighted by Gasteiger charge is 2.37. The number of nitrogens with one attached hydrogen (secondary N) is 1. The van der Waals surface area contributed by atoms with E-state index < -0.39 is 8.32 Å². The molecule has 0 aromatic carbocycles. The number of pyridine rings is 1. The van der Waals surface area contributed by atoms with E-state index in [1.54, 1.807) is 6.20 Å². The first-order valence-electron chi connectivity index (χ1n) is 5.54. The fourth-order valence-electron chi connectivity index (χ4n) is 1.04. The molecule has 0 saturated heterocycles. The zero-order valence-corrected chi connectivity index (χ0v) is 11.8. The van der Waals surface area contributed by atoms with Gasteiger partial charge < -0.3 is 9.41 Å². The molecule has 0 aliphatic heterocycles. The monoisotopic (exact) mass is 239 g/mol. The minimum atomic E-state index is -1.76. The zero-order valence-electron chi connectivity index (χ0n) is 10.8. The molecule has 3 nitrogen and oxygen atoms in total. The average molecular weight is 239 g/mol. The fourth-order valence-corrected chi connectivity index (χ4v) is 1.99. The second-order valence-electron chi connectivity index (χ2n) is 5.57. The van der Waals surface area contributed by atoms with Crippen molar-refractivity contribution >= 4 is 8.32 Å². The molecule has 1 aromatic heterocycles. The predicted octanol–water partition coefficient (Wildman–Crippen LogP) is 2.90. The Morgan fingerprint density at radius 1 is 1.38 bits per heavy atom. The number of rotatable bonds is 3. The van der Waals surface area contributed by atoms with Crippen molar-refractivity contribution in [3.05, 3.63) is 34.2 Å². The smallest absolute Gasteiger partial charge is 0.253 e. The Morgan fingerprint density at radius 3 is 2.50 bits per heavy atom. The van der Waals surface area contributed by atoms with Crippen LogP contribution in [0.4, 0.5) is 0 Å². The molecule has 0 amide bonds. The molecule has 1 N–H and O–H groups in total. The molecular weight excluding hydrogens is 218 g/mol. The van der Waals surface area contributed by atoms with Gasteiger partial charge in [-0.05, 0) is 30.3 Å². The van der Waals surface area contributed by atoms with Gasteiger partial charge in [-0.25, -0.2) is 0 Å². The lowest BCUT2D eigenvalue weighted by Gasteiger charge is -2.36. The maximum Gasteiger partial charge on any atom is 0.253 e. The standard InChI is InChI=1S/C12H21NO2Si/c1-12(2,3)16(4,5)15-9-10-7-6-8-13-11(10)14/h6-8H,9H2,1-5H3,(H,13,14). The van der Waals surface area contributed by atoms with Crippen molar-refractivity contribution < 1.29 is 4.43 Å². The van der Waals surface area contributed by atoms with Crippen LogP contribution >= 0.6 is 0 Å². The molecule has 90 valence electrons. The Hall–Kier alpha value is -0.873. The van der Waals surface area contributed by atoms with Crippen molar-refractivity contribution in [2.75, 3.05) is 0 Å². The van der Waals surface area contributed by atoms with Crippen LogP contribution in [0.1, 0.15) is 26.3 Å². The molecule has 1 aromatic rings. The summed E-state index contributed by atoms with van der Waals surface area (Å²) in [6.45, 7) is 11.3. The molecule has 4 heteroatoms. The van der Waals surface area contributed by atoms with Crippen LogP contribution in [-0.2, 0) is 11.0 Å². The van der Waals surface area contributed by atoms with E-state index in [0.717, 1.165) is 0 Å². The van der Waals surface area contributed by atoms with Crippen molar-refractivity contribution in [3.8, 4) is 0 Å². The Kier molecular flexibility index (Phi) is 3.75. The second kappa shape index (κ2) is 4.55. The van der Waals surface area contributed by atoms with E-state index in [1.165, 1.54) is 0 Å². The van der Waals surface area contributed by atoms with Crippen LogP contribution in [0, 0.1) is 0 Å². The lowest BCUT2D eigenvalue weighted by Crippen LogP contribution is -2.40. The molecule has 0 unspecified atom stereocenters. The Balaban J connectivity index is 2.73. The van der Waals surface area contributed by atoms with Crippen LogP contribution in [0.5, 0.6) is 0 Å². The highest BCUT2D eigenvalue weighted by atomic mass is 28.4. The summed E-state index contributed by atoms with van der Waals surface area (Å²) < 4.78 is 5.98. The third kappa shape index (κ3) is 3.06. The minimum absolute atomic E-state index is 0.0544. The molecule has 0 atom stereocenters. The first kappa shape index (κ1) is 13.2. The Bertz CT molecular complexity index is 404. The van der Waals surface area contributed by atoms with Crippen LogP contribution in [0.25, 0.3) is 0 Å². The van der Waals surface area contributed by atoms with Gasteiger partial charge >= 0.3 is 0 Å². The number of hydrogen-bond acceptors (Lipinski definition) is 2. The highest BCUT2D eigenvalue weighted by Crippen LogP contribution is 2.36. The lowest BCUT2D eigenvalue weighted by molar-refractivity contribution is 0.275. The van der Waals surface area contributed by atoms with Crippen LogP contribution in [-0.4, -0.2) is 13.3 Å². The van der Waals surface area contributed by atoms with E-state index in [9.17, 15) is 4.79 Å². The molecule has 0 aliphatic carbocycles. The molecule has 1 heterocycles. The second-order valence-corrected chi connectivity index (χ2v) is 10.4. The van der Waals surface area contributed by atoms with Gasteiger partial charge in [0.15, 0.2) is 8.32 Å². The molecule has 0 aliphatic rings. The fraction of sp³-hybridized carbons (Fsp3) is 0.583. The van der Waals surface area contributed by atoms with Gasteiger partial charge in [0.2, 0.25) is 0 Å². The zero-order chi connectivity index (χ0) is 12.4. The molecule has 0 radical (unpaired) electrons. The summed E-state index contributed by atoms with van der Waals surface area (Å²) >= 11 is 0. The van der Waals surface area contributed by atoms with Gasteiger partial charge in [0, 0.05) is 11.8 Å². The quantitative estimate of drug-likeness (QED) is 0.824. The molecule has 0 spiro atoms. The van der Waals surface area contributed by atoms with Crippen LogP contribution < -0.4 is 5.56 Å². The number of hydrogen-bond donors (Lipinski definition) is 1. The van der Waals surface area contributed by atoms with Crippen LogP contribution in [0.15, 0.2) is 23.1 Å². The van der Waals surface area contributed by atoms with Gasteiger partial charge in [0.1, 0.15) is 0 Å². The summed E-state index contributed by atoms with van der Waals surface area (Å²) in [5, 5.41) is 0.175. The first-order valence-corrected chi connectivity index (χ1v) is 8.45. The maximum atomic E-state index is 11.5. The SMILES string of the molecule is CC(C)(C)[Si](C)(C)OCc1ccc[nH]c1=O. The third-order valence-electron chi connectivity index (χ3n) is 3.29.